The van der Waals surface area contributed by atoms with Crippen LogP contribution in [0.1, 0.15) is 57.2 Å². The molecule has 0 saturated carbocycles. The van der Waals surface area contributed by atoms with Crippen molar-refractivity contribution in [3.05, 3.63) is 16.4 Å². The zero-order chi connectivity index (χ0) is 15.0. The average molecular weight is 346 g/mol. The second-order valence-corrected chi connectivity index (χ2v) is 6.48. The Kier molecular flexibility index (Phi) is 8.41. The highest BCUT2D eigenvalue weighted by Crippen LogP contribution is 2.27. The second-order valence-electron chi connectivity index (χ2n) is 5.62. The van der Waals surface area contributed by atoms with Gasteiger partial charge in [0, 0.05) is 6.54 Å². The van der Waals surface area contributed by atoms with E-state index in [0.29, 0.717) is 0 Å². The summed E-state index contributed by atoms with van der Waals surface area (Å²) < 4.78 is 2.83. The molecule has 0 bridgehead atoms. The molecule has 1 unspecified atom stereocenters. The normalized spacial score (nSPS) is 13.1. The van der Waals surface area contributed by atoms with Gasteiger partial charge in [-0.05, 0) is 36.4 Å². The summed E-state index contributed by atoms with van der Waals surface area (Å²) in [5.74, 6) is 0. The smallest absolute Gasteiger partial charge is 0.0968 e. The standard InChI is InChI=1S/C15H28BrN3O/c1-4-5-6-7-8-9-14(20)15-13(16)12-17-19(15)11-10-18(2)3/h12,14,20H,4-11H2,1-3H3. The van der Waals surface area contributed by atoms with Gasteiger partial charge in [0.05, 0.1) is 29.0 Å². The van der Waals surface area contributed by atoms with Crippen LogP contribution in [0.2, 0.25) is 0 Å². The largest absolute Gasteiger partial charge is 0.387 e. The molecule has 0 aliphatic carbocycles. The van der Waals surface area contributed by atoms with Gasteiger partial charge >= 0.3 is 0 Å². The Morgan fingerprint density at radius 1 is 1.30 bits per heavy atom. The van der Waals surface area contributed by atoms with Crippen molar-refractivity contribution in [2.24, 2.45) is 0 Å². The lowest BCUT2D eigenvalue weighted by Gasteiger charge is -2.16. The summed E-state index contributed by atoms with van der Waals surface area (Å²) in [6, 6.07) is 0. The summed E-state index contributed by atoms with van der Waals surface area (Å²) in [5, 5.41) is 14.7. The van der Waals surface area contributed by atoms with E-state index < -0.39 is 6.10 Å². The maximum absolute atomic E-state index is 10.4. The fourth-order valence-electron chi connectivity index (χ4n) is 2.25. The van der Waals surface area contributed by atoms with E-state index in [1.54, 1.807) is 6.20 Å². The Morgan fingerprint density at radius 2 is 2.00 bits per heavy atom. The number of likely N-dealkylation sites (N-methyl/N-ethyl adjacent to an activating group) is 1. The van der Waals surface area contributed by atoms with Gasteiger partial charge in [-0.1, -0.05) is 39.0 Å². The first-order valence-corrected chi connectivity index (χ1v) is 8.39. The Hall–Kier alpha value is -0.390. The quantitative estimate of drug-likeness (QED) is 0.658. The van der Waals surface area contributed by atoms with Crippen LogP contribution in [0.5, 0.6) is 0 Å². The Morgan fingerprint density at radius 3 is 2.65 bits per heavy atom. The van der Waals surface area contributed by atoms with E-state index in [-0.39, 0.29) is 0 Å². The fourth-order valence-corrected chi connectivity index (χ4v) is 2.81. The number of aromatic nitrogens is 2. The van der Waals surface area contributed by atoms with Crippen LogP contribution in [0.4, 0.5) is 0 Å². The molecule has 1 aromatic rings. The van der Waals surface area contributed by atoms with Crippen molar-refractivity contribution in [1.82, 2.24) is 14.7 Å². The molecule has 0 aromatic carbocycles. The number of hydrogen-bond donors (Lipinski definition) is 1. The molecule has 0 spiro atoms. The zero-order valence-corrected chi connectivity index (χ0v) is 14.6. The molecule has 0 fully saturated rings. The third kappa shape index (κ3) is 5.94. The molecule has 20 heavy (non-hydrogen) atoms. The highest BCUT2D eigenvalue weighted by molar-refractivity contribution is 9.10. The highest BCUT2D eigenvalue weighted by atomic mass is 79.9. The van der Waals surface area contributed by atoms with Crippen molar-refractivity contribution >= 4 is 15.9 Å². The number of hydrogen-bond acceptors (Lipinski definition) is 3. The predicted octanol–water partition coefficient (Wildman–Crippen LogP) is 3.60. The first kappa shape index (κ1) is 17.7. The van der Waals surface area contributed by atoms with Crippen molar-refractivity contribution in [3.8, 4) is 0 Å². The molecule has 1 atom stereocenters. The second kappa shape index (κ2) is 9.53. The maximum atomic E-state index is 10.4. The van der Waals surface area contributed by atoms with Crippen LogP contribution < -0.4 is 0 Å². The number of halogens is 1. The van der Waals surface area contributed by atoms with Gasteiger partial charge in [-0.15, -0.1) is 0 Å². The molecule has 4 nitrogen and oxygen atoms in total. The van der Waals surface area contributed by atoms with Gasteiger partial charge in [-0.25, -0.2) is 0 Å². The first-order chi connectivity index (χ1) is 9.56. The van der Waals surface area contributed by atoms with Gasteiger partial charge < -0.3 is 10.0 Å². The Balaban J connectivity index is 2.49. The van der Waals surface area contributed by atoms with E-state index in [9.17, 15) is 5.11 Å². The van der Waals surface area contributed by atoms with Gasteiger partial charge in [-0.2, -0.15) is 5.10 Å². The van der Waals surface area contributed by atoms with Gasteiger partial charge in [0.15, 0.2) is 0 Å². The first-order valence-electron chi connectivity index (χ1n) is 7.60. The van der Waals surface area contributed by atoms with Gasteiger partial charge in [0.1, 0.15) is 0 Å². The van der Waals surface area contributed by atoms with Crippen LogP contribution in [-0.2, 0) is 6.54 Å². The molecule has 0 saturated heterocycles. The van der Waals surface area contributed by atoms with Crippen LogP contribution >= 0.6 is 15.9 Å². The van der Waals surface area contributed by atoms with E-state index in [2.05, 4.69) is 32.9 Å². The molecular weight excluding hydrogens is 318 g/mol. The van der Waals surface area contributed by atoms with Crippen LogP contribution in [0.15, 0.2) is 10.7 Å². The molecule has 0 radical (unpaired) electrons. The number of aliphatic hydroxyl groups is 1. The van der Waals surface area contributed by atoms with Crippen molar-refractivity contribution in [2.45, 2.75) is 58.1 Å². The number of nitrogens with zero attached hydrogens (tertiary/aromatic N) is 3. The van der Waals surface area contributed by atoms with E-state index in [1.807, 2.05) is 18.8 Å². The Labute approximate surface area is 131 Å². The van der Waals surface area contributed by atoms with Gasteiger partial charge in [-0.3, -0.25) is 4.68 Å². The maximum Gasteiger partial charge on any atom is 0.0968 e. The molecule has 116 valence electrons. The molecule has 1 heterocycles. The fraction of sp³-hybridized carbons (Fsp3) is 0.800. The van der Waals surface area contributed by atoms with Crippen LogP contribution in [0.3, 0.4) is 0 Å². The highest BCUT2D eigenvalue weighted by Gasteiger charge is 2.17. The van der Waals surface area contributed by atoms with E-state index in [4.69, 9.17) is 0 Å². The lowest BCUT2D eigenvalue weighted by Crippen LogP contribution is -2.21. The van der Waals surface area contributed by atoms with Crippen molar-refractivity contribution in [2.75, 3.05) is 20.6 Å². The summed E-state index contributed by atoms with van der Waals surface area (Å²) in [6.07, 6.45) is 8.27. The SMILES string of the molecule is CCCCCCCC(O)c1c(Br)cnn1CCN(C)C. The number of rotatable bonds is 10. The molecule has 1 N–H and O–H groups in total. The minimum atomic E-state index is -0.421. The van der Waals surface area contributed by atoms with E-state index in [0.717, 1.165) is 36.1 Å². The lowest BCUT2D eigenvalue weighted by atomic mass is 10.1. The molecule has 0 aliphatic heterocycles. The van der Waals surface area contributed by atoms with Crippen molar-refractivity contribution < 1.29 is 5.11 Å². The molecular formula is C15H28BrN3O. The summed E-state index contributed by atoms with van der Waals surface area (Å²) in [7, 11) is 4.09. The average Bonchev–Trinajstić information content (AvgIpc) is 2.77. The minimum absolute atomic E-state index is 0.421. The summed E-state index contributed by atoms with van der Waals surface area (Å²) in [5.41, 5.74) is 0.919. The van der Waals surface area contributed by atoms with E-state index in [1.165, 1.54) is 25.7 Å². The van der Waals surface area contributed by atoms with E-state index >= 15 is 0 Å². The summed E-state index contributed by atoms with van der Waals surface area (Å²) >= 11 is 3.50. The lowest BCUT2D eigenvalue weighted by molar-refractivity contribution is 0.150. The van der Waals surface area contributed by atoms with Gasteiger partial charge in [0.25, 0.3) is 0 Å². The third-order valence-electron chi connectivity index (χ3n) is 3.49. The van der Waals surface area contributed by atoms with Crippen molar-refractivity contribution in [1.29, 1.82) is 0 Å². The number of unbranched alkanes of at least 4 members (excludes halogenated alkanes) is 4. The molecule has 0 amide bonds. The molecule has 5 heteroatoms. The van der Waals surface area contributed by atoms with Crippen molar-refractivity contribution in [3.63, 3.8) is 0 Å². The topological polar surface area (TPSA) is 41.3 Å². The molecule has 1 aromatic heterocycles. The molecule has 0 aliphatic rings. The summed E-state index contributed by atoms with van der Waals surface area (Å²) in [4.78, 5) is 2.12. The van der Waals surface area contributed by atoms with Gasteiger partial charge in [0.2, 0.25) is 0 Å². The number of aliphatic hydroxyl groups excluding tert-OH is 1. The molecule has 1 rings (SSSR count). The minimum Gasteiger partial charge on any atom is -0.387 e. The summed E-state index contributed by atoms with van der Waals surface area (Å²) in [6.45, 7) is 3.94. The van der Waals surface area contributed by atoms with Crippen LogP contribution in [-0.4, -0.2) is 40.4 Å². The Bertz CT molecular complexity index is 379. The predicted molar refractivity (Wildman–Crippen MR) is 86.8 cm³/mol. The monoisotopic (exact) mass is 345 g/mol. The third-order valence-corrected chi connectivity index (χ3v) is 4.10. The van der Waals surface area contributed by atoms with Crippen LogP contribution in [0.25, 0.3) is 0 Å². The van der Waals surface area contributed by atoms with Crippen LogP contribution in [0, 0.1) is 0 Å². The zero-order valence-electron chi connectivity index (χ0n) is 13.0.